The van der Waals surface area contributed by atoms with Gasteiger partial charge in [0.25, 0.3) is 0 Å². The summed E-state index contributed by atoms with van der Waals surface area (Å²) in [5, 5.41) is 0. The maximum atomic E-state index is 12.4. The van der Waals surface area contributed by atoms with Crippen LogP contribution in [0.4, 0.5) is 0 Å². The topological polar surface area (TPSA) is 34.1 Å². The van der Waals surface area contributed by atoms with Crippen LogP contribution < -0.4 is 0 Å². The van der Waals surface area contributed by atoms with Crippen LogP contribution in [0, 0.1) is 6.92 Å². The average molecular weight is 242 g/mol. The first-order valence-electron chi connectivity index (χ1n) is 6.46. The summed E-state index contributed by atoms with van der Waals surface area (Å²) in [6.45, 7) is 5.79. The van der Waals surface area contributed by atoms with Crippen molar-refractivity contribution in [2.75, 3.05) is 0 Å². The van der Waals surface area contributed by atoms with Crippen molar-refractivity contribution >= 4 is 11.6 Å². The molecule has 1 aromatic rings. The van der Waals surface area contributed by atoms with Gasteiger partial charge in [0.1, 0.15) is 0 Å². The van der Waals surface area contributed by atoms with Crippen LogP contribution in [0.3, 0.4) is 0 Å². The maximum Gasteiger partial charge on any atom is 0.190 e. The molecule has 1 aliphatic rings. The van der Waals surface area contributed by atoms with Crippen molar-refractivity contribution in [3.63, 3.8) is 0 Å². The lowest BCUT2D eigenvalue weighted by Crippen LogP contribution is -2.21. The average Bonchev–Trinajstić information content (AvgIpc) is 2.36. The van der Waals surface area contributed by atoms with Crippen molar-refractivity contribution in [2.45, 2.75) is 40.0 Å². The second kappa shape index (κ2) is 4.89. The first kappa shape index (κ1) is 12.7. The molecule has 18 heavy (non-hydrogen) atoms. The monoisotopic (exact) mass is 242 g/mol. The molecule has 2 heteroatoms. The third kappa shape index (κ3) is 2.03. The third-order valence-corrected chi connectivity index (χ3v) is 3.51. The summed E-state index contributed by atoms with van der Waals surface area (Å²) >= 11 is 0. The van der Waals surface area contributed by atoms with E-state index in [1.165, 1.54) is 0 Å². The number of rotatable bonds is 3. The van der Waals surface area contributed by atoms with E-state index >= 15 is 0 Å². The number of Topliss-reactive ketones (excluding diaryl/α,β-unsaturated/α-hetero) is 2. The van der Waals surface area contributed by atoms with Crippen molar-refractivity contribution in [1.29, 1.82) is 0 Å². The van der Waals surface area contributed by atoms with Crippen molar-refractivity contribution in [2.24, 2.45) is 0 Å². The molecule has 1 aromatic carbocycles. The fourth-order valence-corrected chi connectivity index (χ4v) is 2.37. The molecule has 0 atom stereocenters. The van der Waals surface area contributed by atoms with E-state index in [0.29, 0.717) is 28.7 Å². The van der Waals surface area contributed by atoms with Gasteiger partial charge in [-0.3, -0.25) is 9.59 Å². The Bertz CT molecular complexity index is 550. The summed E-state index contributed by atoms with van der Waals surface area (Å²) in [6, 6.07) is 5.49. The van der Waals surface area contributed by atoms with Crippen molar-refractivity contribution in [3.05, 3.63) is 46.0 Å². The molecule has 0 spiro atoms. The molecule has 0 saturated heterocycles. The lowest BCUT2D eigenvalue weighted by atomic mass is 9.82. The number of ketones is 2. The first-order chi connectivity index (χ1) is 8.56. The molecule has 0 N–H and O–H groups in total. The molecule has 2 nitrogen and oxygen atoms in total. The van der Waals surface area contributed by atoms with Gasteiger partial charge in [0, 0.05) is 22.3 Å². The highest BCUT2D eigenvalue weighted by molar-refractivity contribution is 6.26. The molecule has 0 fully saturated rings. The zero-order valence-electron chi connectivity index (χ0n) is 11.2. The zero-order chi connectivity index (χ0) is 13.3. The Hall–Kier alpha value is -1.70. The minimum Gasteiger partial charge on any atom is -0.289 e. The number of aryl methyl sites for hydroxylation is 1. The minimum absolute atomic E-state index is 0.0133. The summed E-state index contributed by atoms with van der Waals surface area (Å²) in [5.41, 5.74) is 3.49. The van der Waals surface area contributed by atoms with E-state index in [4.69, 9.17) is 0 Å². The maximum absolute atomic E-state index is 12.4. The van der Waals surface area contributed by atoms with Gasteiger partial charge < -0.3 is 0 Å². The van der Waals surface area contributed by atoms with Crippen molar-refractivity contribution < 1.29 is 9.59 Å². The summed E-state index contributed by atoms with van der Waals surface area (Å²) in [4.78, 5) is 24.7. The Labute approximate surface area is 108 Å². The van der Waals surface area contributed by atoms with Crippen LogP contribution in [0.15, 0.2) is 29.3 Å². The molecule has 0 bridgehead atoms. The van der Waals surface area contributed by atoms with E-state index in [1.807, 2.05) is 19.1 Å². The Morgan fingerprint density at radius 3 is 2.39 bits per heavy atom. The Kier molecular flexibility index (Phi) is 3.46. The SMILES string of the molecule is CCCCC1=C(C)C(=O)c2cc(C)ccc2C1=O. The standard InChI is InChI=1S/C16H18O2/c1-4-5-6-12-11(3)15(17)14-9-10(2)7-8-13(14)16(12)18/h7-9H,4-6H2,1-3H3. The molecule has 1 aliphatic carbocycles. The smallest absolute Gasteiger partial charge is 0.190 e. The largest absolute Gasteiger partial charge is 0.289 e. The minimum atomic E-state index is 0.0133. The predicted molar refractivity (Wildman–Crippen MR) is 72.1 cm³/mol. The zero-order valence-corrected chi connectivity index (χ0v) is 11.2. The second-order valence-electron chi connectivity index (χ2n) is 4.91. The van der Waals surface area contributed by atoms with E-state index in [9.17, 15) is 9.59 Å². The fraction of sp³-hybridized carbons (Fsp3) is 0.375. The van der Waals surface area contributed by atoms with E-state index in [1.54, 1.807) is 13.0 Å². The molecule has 0 radical (unpaired) electrons. The Morgan fingerprint density at radius 2 is 1.72 bits per heavy atom. The van der Waals surface area contributed by atoms with Crippen LogP contribution in [-0.2, 0) is 0 Å². The van der Waals surface area contributed by atoms with Crippen molar-refractivity contribution in [3.8, 4) is 0 Å². The van der Waals surface area contributed by atoms with Gasteiger partial charge in [-0.1, -0.05) is 31.0 Å². The normalized spacial score (nSPS) is 15.1. The molecule has 94 valence electrons. The fourth-order valence-electron chi connectivity index (χ4n) is 2.37. The van der Waals surface area contributed by atoms with Gasteiger partial charge in [-0.2, -0.15) is 0 Å². The molecule has 0 aromatic heterocycles. The summed E-state index contributed by atoms with van der Waals surface area (Å²) in [6.07, 6.45) is 2.69. The van der Waals surface area contributed by atoms with Gasteiger partial charge in [0.05, 0.1) is 0 Å². The van der Waals surface area contributed by atoms with Gasteiger partial charge in [0.15, 0.2) is 11.6 Å². The van der Waals surface area contributed by atoms with Crippen LogP contribution in [0.25, 0.3) is 0 Å². The lowest BCUT2D eigenvalue weighted by Gasteiger charge is -2.19. The van der Waals surface area contributed by atoms with Crippen molar-refractivity contribution in [1.82, 2.24) is 0 Å². The van der Waals surface area contributed by atoms with Crippen LogP contribution in [0.5, 0.6) is 0 Å². The summed E-state index contributed by atoms with van der Waals surface area (Å²) in [7, 11) is 0. The van der Waals surface area contributed by atoms with Crippen LogP contribution in [0.2, 0.25) is 0 Å². The van der Waals surface area contributed by atoms with E-state index in [0.717, 1.165) is 18.4 Å². The number of carbonyl (C=O) groups excluding carboxylic acids is 2. The molecule has 0 amide bonds. The molecular weight excluding hydrogens is 224 g/mol. The third-order valence-electron chi connectivity index (χ3n) is 3.51. The van der Waals surface area contributed by atoms with Gasteiger partial charge in [0.2, 0.25) is 0 Å². The van der Waals surface area contributed by atoms with E-state index < -0.39 is 0 Å². The highest BCUT2D eigenvalue weighted by Crippen LogP contribution is 2.29. The lowest BCUT2D eigenvalue weighted by molar-refractivity contribution is 0.0971. The quantitative estimate of drug-likeness (QED) is 0.806. The molecule has 0 unspecified atom stereocenters. The number of carbonyl (C=O) groups is 2. The van der Waals surface area contributed by atoms with Gasteiger partial charge in [-0.25, -0.2) is 0 Å². The number of hydrogen-bond acceptors (Lipinski definition) is 2. The highest BCUT2D eigenvalue weighted by Gasteiger charge is 2.29. The molecule has 0 heterocycles. The number of fused-ring (bicyclic) bond motifs is 1. The van der Waals surface area contributed by atoms with E-state index in [2.05, 4.69) is 6.92 Å². The van der Waals surface area contributed by atoms with Crippen LogP contribution in [-0.4, -0.2) is 11.6 Å². The Morgan fingerprint density at radius 1 is 1.00 bits per heavy atom. The number of benzene rings is 1. The van der Waals surface area contributed by atoms with Gasteiger partial charge >= 0.3 is 0 Å². The number of hydrogen-bond donors (Lipinski definition) is 0. The van der Waals surface area contributed by atoms with Gasteiger partial charge in [-0.15, -0.1) is 0 Å². The van der Waals surface area contributed by atoms with Crippen LogP contribution in [0.1, 0.15) is 59.4 Å². The first-order valence-corrected chi connectivity index (χ1v) is 6.46. The second-order valence-corrected chi connectivity index (χ2v) is 4.91. The molecule has 0 aliphatic heterocycles. The predicted octanol–water partition coefficient (Wildman–Crippen LogP) is 3.88. The number of allylic oxidation sites excluding steroid dienone is 2. The number of unbranched alkanes of at least 4 members (excludes halogenated alkanes) is 1. The summed E-state index contributed by atoms with van der Waals surface area (Å²) < 4.78 is 0. The van der Waals surface area contributed by atoms with Gasteiger partial charge in [-0.05, 0) is 32.8 Å². The van der Waals surface area contributed by atoms with E-state index in [-0.39, 0.29) is 11.6 Å². The van der Waals surface area contributed by atoms with Crippen LogP contribution >= 0.6 is 0 Å². The molecule has 0 saturated carbocycles. The Balaban J connectivity index is 2.49. The molecule has 2 rings (SSSR count). The highest BCUT2D eigenvalue weighted by atomic mass is 16.1. The molecular formula is C16H18O2. The summed E-state index contributed by atoms with van der Waals surface area (Å²) in [5.74, 6) is 0.0509.